The summed E-state index contributed by atoms with van der Waals surface area (Å²) in [5.74, 6) is 0.910. The molecule has 0 aromatic carbocycles. The van der Waals surface area contributed by atoms with E-state index < -0.39 is 0 Å². The highest BCUT2D eigenvalue weighted by molar-refractivity contribution is 4.84. The molecule has 0 saturated carbocycles. The number of nitrogens with zero attached hydrogens (tertiary/aromatic N) is 2. The molecular weight excluding hydrogens is 222 g/mol. The van der Waals surface area contributed by atoms with Gasteiger partial charge in [-0.3, -0.25) is 0 Å². The van der Waals surface area contributed by atoms with Gasteiger partial charge in [-0.05, 0) is 39.2 Å². The van der Waals surface area contributed by atoms with Crippen LogP contribution in [0.1, 0.15) is 40.0 Å². The minimum Gasteiger partial charge on any atom is -0.311 e. The molecule has 2 fully saturated rings. The summed E-state index contributed by atoms with van der Waals surface area (Å²) in [7, 11) is 0. The highest BCUT2D eigenvalue weighted by atomic mass is 15.2. The third-order valence-electron chi connectivity index (χ3n) is 4.54. The topological polar surface area (TPSA) is 18.5 Å². The zero-order chi connectivity index (χ0) is 13.0. The molecule has 3 nitrogen and oxygen atoms in total. The standard InChI is InChI=1S/C15H31N3/c1-4-5-15-12-17(9-7-16-15)10-14-6-8-18(11-14)13(2)3/h13-16H,4-12H2,1-3H3. The fourth-order valence-corrected chi connectivity index (χ4v) is 3.45. The minimum atomic E-state index is 0.728. The molecule has 0 radical (unpaired) electrons. The lowest BCUT2D eigenvalue weighted by molar-refractivity contribution is 0.165. The van der Waals surface area contributed by atoms with Crippen LogP contribution in [0.5, 0.6) is 0 Å². The first kappa shape index (κ1) is 14.3. The van der Waals surface area contributed by atoms with Gasteiger partial charge in [-0.2, -0.15) is 0 Å². The van der Waals surface area contributed by atoms with E-state index in [0.29, 0.717) is 0 Å². The molecule has 1 N–H and O–H groups in total. The quantitative estimate of drug-likeness (QED) is 0.806. The van der Waals surface area contributed by atoms with Crippen molar-refractivity contribution < 1.29 is 0 Å². The Morgan fingerprint density at radius 1 is 1.22 bits per heavy atom. The molecular formula is C15H31N3. The Balaban J connectivity index is 1.73. The molecule has 2 rings (SSSR count). The molecule has 3 heteroatoms. The van der Waals surface area contributed by atoms with Crippen molar-refractivity contribution >= 4 is 0 Å². The van der Waals surface area contributed by atoms with E-state index in [0.717, 1.165) is 18.0 Å². The van der Waals surface area contributed by atoms with E-state index in [4.69, 9.17) is 0 Å². The summed E-state index contributed by atoms with van der Waals surface area (Å²) >= 11 is 0. The molecule has 0 aromatic rings. The van der Waals surface area contributed by atoms with Gasteiger partial charge in [0.25, 0.3) is 0 Å². The van der Waals surface area contributed by atoms with Gasteiger partial charge in [-0.25, -0.2) is 0 Å². The second kappa shape index (κ2) is 6.88. The van der Waals surface area contributed by atoms with Crippen molar-refractivity contribution in [3.05, 3.63) is 0 Å². The molecule has 0 amide bonds. The van der Waals surface area contributed by atoms with E-state index in [9.17, 15) is 0 Å². The van der Waals surface area contributed by atoms with Gasteiger partial charge in [0, 0.05) is 44.8 Å². The molecule has 18 heavy (non-hydrogen) atoms. The van der Waals surface area contributed by atoms with E-state index >= 15 is 0 Å². The molecule has 2 atom stereocenters. The lowest BCUT2D eigenvalue weighted by Gasteiger charge is -2.35. The van der Waals surface area contributed by atoms with Crippen LogP contribution in [0.4, 0.5) is 0 Å². The number of piperazine rings is 1. The first-order chi connectivity index (χ1) is 8.69. The molecule has 2 heterocycles. The number of hydrogen-bond donors (Lipinski definition) is 1. The van der Waals surface area contributed by atoms with Crippen molar-refractivity contribution in [3.8, 4) is 0 Å². The number of rotatable bonds is 5. The van der Waals surface area contributed by atoms with Crippen LogP contribution in [0.15, 0.2) is 0 Å². The largest absolute Gasteiger partial charge is 0.311 e. The Bertz CT molecular complexity index is 240. The van der Waals surface area contributed by atoms with Crippen molar-refractivity contribution in [1.29, 1.82) is 0 Å². The number of likely N-dealkylation sites (tertiary alicyclic amines) is 1. The van der Waals surface area contributed by atoms with Gasteiger partial charge >= 0.3 is 0 Å². The van der Waals surface area contributed by atoms with Crippen LogP contribution in [-0.4, -0.2) is 61.2 Å². The van der Waals surface area contributed by atoms with Crippen molar-refractivity contribution in [2.45, 2.75) is 52.1 Å². The van der Waals surface area contributed by atoms with Gasteiger partial charge in [-0.1, -0.05) is 13.3 Å². The molecule has 0 spiro atoms. The monoisotopic (exact) mass is 253 g/mol. The third-order valence-corrected chi connectivity index (χ3v) is 4.54. The van der Waals surface area contributed by atoms with E-state index in [1.54, 1.807) is 0 Å². The van der Waals surface area contributed by atoms with E-state index in [-0.39, 0.29) is 0 Å². The highest BCUT2D eigenvalue weighted by Crippen LogP contribution is 2.20. The van der Waals surface area contributed by atoms with Gasteiger partial charge in [0.2, 0.25) is 0 Å². The van der Waals surface area contributed by atoms with Crippen LogP contribution < -0.4 is 5.32 Å². The van der Waals surface area contributed by atoms with Crippen molar-refractivity contribution in [2.75, 3.05) is 39.3 Å². The van der Waals surface area contributed by atoms with Crippen molar-refractivity contribution in [1.82, 2.24) is 15.1 Å². The van der Waals surface area contributed by atoms with Gasteiger partial charge < -0.3 is 15.1 Å². The molecule has 2 aliphatic rings. The van der Waals surface area contributed by atoms with Gasteiger partial charge in [0.15, 0.2) is 0 Å². The summed E-state index contributed by atoms with van der Waals surface area (Å²) in [6.07, 6.45) is 4.04. The highest BCUT2D eigenvalue weighted by Gasteiger charge is 2.27. The van der Waals surface area contributed by atoms with Gasteiger partial charge in [0.1, 0.15) is 0 Å². The fraction of sp³-hybridized carbons (Fsp3) is 1.00. The lowest BCUT2D eigenvalue weighted by Crippen LogP contribution is -2.51. The van der Waals surface area contributed by atoms with Crippen LogP contribution in [0.2, 0.25) is 0 Å². The maximum Gasteiger partial charge on any atom is 0.0195 e. The Kier molecular flexibility index (Phi) is 5.46. The zero-order valence-electron chi connectivity index (χ0n) is 12.5. The van der Waals surface area contributed by atoms with E-state index in [2.05, 4.69) is 35.9 Å². The summed E-state index contributed by atoms with van der Waals surface area (Å²) < 4.78 is 0. The maximum atomic E-state index is 3.65. The number of nitrogens with one attached hydrogen (secondary N) is 1. The smallest absolute Gasteiger partial charge is 0.0195 e. The maximum absolute atomic E-state index is 3.65. The molecule has 2 unspecified atom stereocenters. The van der Waals surface area contributed by atoms with Crippen LogP contribution >= 0.6 is 0 Å². The summed E-state index contributed by atoms with van der Waals surface area (Å²) in [6, 6.07) is 1.47. The molecule has 0 bridgehead atoms. The number of hydrogen-bond acceptors (Lipinski definition) is 3. The van der Waals surface area contributed by atoms with Gasteiger partial charge in [-0.15, -0.1) is 0 Å². The van der Waals surface area contributed by atoms with Crippen molar-refractivity contribution in [3.63, 3.8) is 0 Å². The van der Waals surface area contributed by atoms with Crippen LogP contribution in [-0.2, 0) is 0 Å². The first-order valence-corrected chi connectivity index (χ1v) is 7.88. The van der Waals surface area contributed by atoms with E-state index in [1.807, 2.05) is 0 Å². The SMILES string of the molecule is CCCC1CN(CC2CCN(C(C)C)C2)CCN1. The molecule has 2 aliphatic heterocycles. The molecule has 0 aromatic heterocycles. The van der Waals surface area contributed by atoms with Crippen LogP contribution in [0.25, 0.3) is 0 Å². The molecule has 0 aliphatic carbocycles. The second-order valence-corrected chi connectivity index (χ2v) is 6.44. The van der Waals surface area contributed by atoms with Gasteiger partial charge in [0.05, 0.1) is 0 Å². The van der Waals surface area contributed by atoms with Crippen LogP contribution in [0.3, 0.4) is 0 Å². The first-order valence-electron chi connectivity index (χ1n) is 7.88. The summed E-state index contributed by atoms with van der Waals surface area (Å²) in [5, 5.41) is 3.65. The fourth-order valence-electron chi connectivity index (χ4n) is 3.45. The average molecular weight is 253 g/mol. The zero-order valence-corrected chi connectivity index (χ0v) is 12.5. The summed E-state index contributed by atoms with van der Waals surface area (Å²) in [5.41, 5.74) is 0. The van der Waals surface area contributed by atoms with Crippen molar-refractivity contribution in [2.24, 2.45) is 5.92 Å². The molecule has 2 saturated heterocycles. The average Bonchev–Trinajstić information content (AvgIpc) is 2.78. The Hall–Kier alpha value is -0.120. The minimum absolute atomic E-state index is 0.728. The Labute approximate surface area is 113 Å². The predicted molar refractivity (Wildman–Crippen MR) is 78.0 cm³/mol. The third kappa shape index (κ3) is 3.94. The molecule has 106 valence electrons. The Morgan fingerprint density at radius 2 is 2.06 bits per heavy atom. The second-order valence-electron chi connectivity index (χ2n) is 6.44. The normalized spacial score (nSPS) is 31.3. The summed E-state index contributed by atoms with van der Waals surface area (Å²) in [6.45, 7) is 14.6. The Morgan fingerprint density at radius 3 is 2.72 bits per heavy atom. The van der Waals surface area contributed by atoms with Crippen LogP contribution in [0, 0.1) is 5.92 Å². The predicted octanol–water partition coefficient (Wildman–Crippen LogP) is 1.79. The summed E-state index contributed by atoms with van der Waals surface area (Å²) in [4.78, 5) is 5.34. The van der Waals surface area contributed by atoms with E-state index in [1.165, 1.54) is 58.5 Å². The lowest BCUT2D eigenvalue weighted by atomic mass is 10.1.